The van der Waals surface area contributed by atoms with Gasteiger partial charge in [-0.2, -0.15) is 0 Å². The average molecular weight is 368 g/mol. The van der Waals surface area contributed by atoms with Crippen LogP contribution in [0.2, 0.25) is 10.0 Å². The molecule has 4 heteroatoms. The largest absolute Gasteiger partial charge is 0.495 e. The maximum absolute atomic E-state index is 6.36. The molecule has 0 radical (unpaired) electrons. The molecule has 0 aromatic heterocycles. The van der Waals surface area contributed by atoms with E-state index >= 15 is 0 Å². The fraction of sp³-hybridized carbons (Fsp3) is 0.600. The minimum absolute atomic E-state index is 0.184. The summed E-state index contributed by atoms with van der Waals surface area (Å²) in [7, 11) is 1.59. The second kappa shape index (κ2) is 7.19. The van der Waals surface area contributed by atoms with Gasteiger partial charge in [0.15, 0.2) is 0 Å². The first kappa shape index (κ1) is 17.1. The van der Waals surface area contributed by atoms with Crippen molar-refractivity contribution in [2.45, 2.75) is 32.5 Å². The van der Waals surface area contributed by atoms with Crippen molar-refractivity contribution in [3.05, 3.63) is 27.7 Å². The molecule has 0 spiro atoms. The standard InChI is InChI=1S/C15H21BrCl2O/c1-8(2)14(9(3)4)15(16)10-6-12(18)13(19-5)7-11(10)17/h6-9,14-15H,1-5H3. The minimum atomic E-state index is 0.184. The van der Waals surface area contributed by atoms with Crippen LogP contribution < -0.4 is 4.74 Å². The van der Waals surface area contributed by atoms with Crippen molar-refractivity contribution in [3.8, 4) is 5.75 Å². The predicted octanol–water partition coefficient (Wildman–Crippen LogP) is 6.37. The molecule has 0 aliphatic heterocycles. The van der Waals surface area contributed by atoms with Gasteiger partial charge in [0, 0.05) is 15.9 Å². The number of methoxy groups -OCH3 is 1. The van der Waals surface area contributed by atoms with Crippen LogP contribution in [0.25, 0.3) is 0 Å². The van der Waals surface area contributed by atoms with Crippen LogP contribution in [0, 0.1) is 17.8 Å². The molecule has 0 aliphatic rings. The van der Waals surface area contributed by atoms with Gasteiger partial charge in [0.25, 0.3) is 0 Å². The van der Waals surface area contributed by atoms with Crippen molar-refractivity contribution in [1.29, 1.82) is 0 Å². The van der Waals surface area contributed by atoms with Crippen molar-refractivity contribution in [3.63, 3.8) is 0 Å². The van der Waals surface area contributed by atoms with Gasteiger partial charge in [0.2, 0.25) is 0 Å². The molecule has 0 bridgehead atoms. The molecule has 1 aromatic rings. The zero-order valence-corrected chi connectivity index (χ0v) is 15.1. The highest BCUT2D eigenvalue weighted by atomic mass is 79.9. The summed E-state index contributed by atoms with van der Waals surface area (Å²) < 4.78 is 5.18. The predicted molar refractivity (Wildman–Crippen MR) is 87.8 cm³/mol. The Bertz CT molecular complexity index is 424. The van der Waals surface area contributed by atoms with Gasteiger partial charge in [-0.15, -0.1) is 0 Å². The van der Waals surface area contributed by atoms with E-state index < -0.39 is 0 Å². The van der Waals surface area contributed by atoms with E-state index in [0.29, 0.717) is 33.5 Å². The second-order valence-corrected chi connectivity index (χ2v) is 7.28. The van der Waals surface area contributed by atoms with Gasteiger partial charge < -0.3 is 4.74 Å². The van der Waals surface area contributed by atoms with Crippen LogP contribution in [0.1, 0.15) is 38.1 Å². The van der Waals surface area contributed by atoms with Crippen LogP contribution in [0.3, 0.4) is 0 Å². The first-order chi connectivity index (χ1) is 8.79. The number of benzene rings is 1. The molecular weight excluding hydrogens is 347 g/mol. The lowest BCUT2D eigenvalue weighted by atomic mass is 9.81. The first-order valence-electron chi connectivity index (χ1n) is 6.46. The smallest absolute Gasteiger partial charge is 0.138 e. The van der Waals surface area contributed by atoms with E-state index in [9.17, 15) is 0 Å². The summed E-state index contributed by atoms with van der Waals surface area (Å²) in [4.78, 5) is 0.184. The van der Waals surface area contributed by atoms with E-state index in [-0.39, 0.29) is 4.83 Å². The highest BCUT2D eigenvalue weighted by Gasteiger charge is 2.28. The Morgan fingerprint density at radius 1 is 1.00 bits per heavy atom. The lowest BCUT2D eigenvalue weighted by Crippen LogP contribution is -2.20. The molecule has 0 saturated heterocycles. The molecule has 108 valence electrons. The van der Waals surface area contributed by atoms with Gasteiger partial charge in [-0.05, 0) is 29.4 Å². The van der Waals surface area contributed by atoms with Crippen LogP contribution in [0.4, 0.5) is 0 Å². The normalized spacial score (nSPS) is 13.4. The number of hydrogen-bond donors (Lipinski definition) is 0. The Kier molecular flexibility index (Phi) is 6.49. The summed E-state index contributed by atoms with van der Waals surface area (Å²) >= 11 is 16.4. The summed E-state index contributed by atoms with van der Waals surface area (Å²) in [6.07, 6.45) is 0. The van der Waals surface area contributed by atoms with E-state index in [0.717, 1.165) is 5.56 Å². The van der Waals surface area contributed by atoms with Crippen LogP contribution in [0.5, 0.6) is 5.75 Å². The van der Waals surface area contributed by atoms with E-state index in [1.165, 1.54) is 0 Å². The number of rotatable bonds is 5. The molecule has 1 atom stereocenters. The third-order valence-electron chi connectivity index (χ3n) is 3.45. The maximum atomic E-state index is 6.36. The SMILES string of the molecule is COc1cc(Cl)c(C(Br)C(C(C)C)C(C)C)cc1Cl. The molecule has 0 fully saturated rings. The molecule has 0 aliphatic carbocycles. The van der Waals surface area contributed by atoms with Crippen molar-refractivity contribution in [1.82, 2.24) is 0 Å². The minimum Gasteiger partial charge on any atom is -0.495 e. The molecule has 0 heterocycles. The summed E-state index contributed by atoms with van der Waals surface area (Å²) in [5.41, 5.74) is 1.03. The Morgan fingerprint density at radius 3 is 1.95 bits per heavy atom. The molecule has 19 heavy (non-hydrogen) atoms. The summed E-state index contributed by atoms with van der Waals surface area (Å²) in [6, 6.07) is 3.69. The van der Waals surface area contributed by atoms with Gasteiger partial charge in [-0.1, -0.05) is 66.8 Å². The molecule has 1 unspecified atom stereocenters. The molecule has 0 saturated carbocycles. The molecule has 1 rings (SSSR count). The zero-order chi connectivity index (χ0) is 14.7. The van der Waals surface area contributed by atoms with Crippen LogP contribution in [0.15, 0.2) is 12.1 Å². The van der Waals surface area contributed by atoms with Gasteiger partial charge in [0.1, 0.15) is 5.75 Å². The lowest BCUT2D eigenvalue weighted by Gasteiger charge is -2.30. The highest BCUT2D eigenvalue weighted by molar-refractivity contribution is 9.09. The second-order valence-electron chi connectivity index (χ2n) is 5.48. The molecule has 1 aromatic carbocycles. The van der Waals surface area contributed by atoms with Crippen LogP contribution >= 0.6 is 39.1 Å². The molecule has 0 N–H and O–H groups in total. The van der Waals surface area contributed by atoms with E-state index in [1.807, 2.05) is 6.07 Å². The topological polar surface area (TPSA) is 9.23 Å². The quantitative estimate of drug-likeness (QED) is 0.549. The van der Waals surface area contributed by atoms with Crippen LogP contribution in [-0.2, 0) is 0 Å². The van der Waals surface area contributed by atoms with E-state index in [2.05, 4.69) is 43.6 Å². The zero-order valence-electron chi connectivity index (χ0n) is 12.0. The number of ether oxygens (including phenoxy) is 1. The van der Waals surface area contributed by atoms with Crippen molar-refractivity contribution in [2.75, 3.05) is 7.11 Å². The Hall–Kier alpha value is 0.0800. The maximum Gasteiger partial charge on any atom is 0.138 e. The Balaban J connectivity index is 3.18. The fourth-order valence-electron chi connectivity index (χ4n) is 2.56. The molecule has 1 nitrogen and oxygen atoms in total. The van der Waals surface area contributed by atoms with Gasteiger partial charge in [0.05, 0.1) is 12.1 Å². The Morgan fingerprint density at radius 2 is 1.53 bits per heavy atom. The molecule has 0 amide bonds. The third kappa shape index (κ3) is 4.03. The molecular formula is C15H21BrCl2O. The van der Waals surface area contributed by atoms with Gasteiger partial charge in [-0.3, -0.25) is 0 Å². The van der Waals surface area contributed by atoms with E-state index in [4.69, 9.17) is 27.9 Å². The van der Waals surface area contributed by atoms with Crippen LogP contribution in [-0.4, -0.2) is 7.11 Å². The average Bonchev–Trinajstić information content (AvgIpc) is 2.30. The van der Waals surface area contributed by atoms with Gasteiger partial charge >= 0.3 is 0 Å². The highest BCUT2D eigenvalue weighted by Crippen LogP contribution is 2.45. The summed E-state index contributed by atoms with van der Waals surface area (Å²) in [6.45, 7) is 8.94. The van der Waals surface area contributed by atoms with Crippen molar-refractivity contribution < 1.29 is 4.74 Å². The lowest BCUT2D eigenvalue weighted by molar-refractivity contribution is 0.284. The monoisotopic (exact) mass is 366 g/mol. The third-order valence-corrected chi connectivity index (χ3v) is 5.17. The number of halogens is 3. The van der Waals surface area contributed by atoms with Gasteiger partial charge in [-0.25, -0.2) is 0 Å². The van der Waals surface area contributed by atoms with Crippen molar-refractivity contribution in [2.24, 2.45) is 17.8 Å². The first-order valence-corrected chi connectivity index (χ1v) is 8.13. The summed E-state index contributed by atoms with van der Waals surface area (Å²) in [5.74, 6) is 2.21. The fourth-order valence-corrected chi connectivity index (χ4v) is 4.82. The Labute approximate surface area is 134 Å². The van der Waals surface area contributed by atoms with E-state index in [1.54, 1.807) is 13.2 Å². The summed E-state index contributed by atoms with van der Waals surface area (Å²) in [5, 5.41) is 1.28. The van der Waals surface area contributed by atoms with Crippen molar-refractivity contribution >= 4 is 39.1 Å². The number of alkyl halides is 1. The number of hydrogen-bond acceptors (Lipinski definition) is 1.